The van der Waals surface area contributed by atoms with Gasteiger partial charge in [0.1, 0.15) is 23.6 Å². The van der Waals surface area contributed by atoms with Crippen molar-refractivity contribution in [3.8, 4) is 5.88 Å². The van der Waals surface area contributed by atoms with E-state index in [2.05, 4.69) is 15.0 Å². The zero-order valence-corrected chi connectivity index (χ0v) is 12.8. The molecule has 21 heavy (non-hydrogen) atoms. The quantitative estimate of drug-likeness (QED) is 0.693. The van der Waals surface area contributed by atoms with Gasteiger partial charge in [-0.3, -0.25) is 0 Å². The Labute approximate surface area is 126 Å². The van der Waals surface area contributed by atoms with Crippen molar-refractivity contribution in [2.75, 3.05) is 7.11 Å². The molecule has 0 aliphatic rings. The van der Waals surface area contributed by atoms with Crippen molar-refractivity contribution in [1.82, 2.24) is 19.5 Å². The number of nitrogens with zero attached hydrogens (tertiary/aromatic N) is 4. The van der Waals surface area contributed by atoms with Crippen LogP contribution < -0.4 is 4.74 Å². The van der Waals surface area contributed by atoms with E-state index >= 15 is 0 Å². The van der Waals surface area contributed by atoms with Gasteiger partial charge in [0.15, 0.2) is 5.65 Å². The van der Waals surface area contributed by atoms with Gasteiger partial charge in [-0.05, 0) is 19.9 Å². The highest BCUT2D eigenvalue weighted by Gasteiger charge is 2.18. The molecule has 0 fully saturated rings. The molecule has 0 aromatic carbocycles. The van der Waals surface area contributed by atoms with E-state index in [1.807, 2.05) is 24.5 Å². The number of oxazole rings is 1. The average Bonchev–Trinajstić information content (AvgIpc) is 3.03. The number of aromatic nitrogens is 4. The number of methoxy groups -OCH3 is 1. The normalized spacial score (nSPS) is 12.8. The SMILES string of the molecule is COc1ccc2nc(C(C)Cl)n(Cc3ncc(C)o3)c2n1. The molecule has 110 valence electrons. The summed E-state index contributed by atoms with van der Waals surface area (Å²) in [5.41, 5.74) is 1.47. The largest absolute Gasteiger partial charge is 0.481 e. The number of fused-ring (bicyclic) bond motifs is 1. The van der Waals surface area contributed by atoms with E-state index < -0.39 is 0 Å². The minimum absolute atomic E-state index is 0.249. The third kappa shape index (κ3) is 2.58. The van der Waals surface area contributed by atoms with Gasteiger partial charge in [0.05, 0.1) is 18.7 Å². The molecule has 3 aromatic rings. The number of rotatable bonds is 4. The molecule has 6 nitrogen and oxygen atoms in total. The van der Waals surface area contributed by atoms with Crippen molar-refractivity contribution in [1.29, 1.82) is 0 Å². The molecule has 0 saturated carbocycles. The molecule has 0 amide bonds. The molecule has 3 aromatic heterocycles. The van der Waals surface area contributed by atoms with Crippen LogP contribution in [0.2, 0.25) is 0 Å². The molecule has 1 unspecified atom stereocenters. The maximum Gasteiger partial charge on any atom is 0.215 e. The molecule has 0 bridgehead atoms. The van der Waals surface area contributed by atoms with Gasteiger partial charge in [-0.2, -0.15) is 4.98 Å². The van der Waals surface area contributed by atoms with Crippen LogP contribution in [-0.4, -0.2) is 26.6 Å². The lowest BCUT2D eigenvalue weighted by atomic mass is 10.4. The number of alkyl halides is 1. The molecular weight excluding hydrogens is 292 g/mol. The number of ether oxygens (including phenoxy) is 1. The smallest absolute Gasteiger partial charge is 0.215 e. The first-order chi connectivity index (χ1) is 10.1. The van der Waals surface area contributed by atoms with Crippen LogP contribution in [0.4, 0.5) is 0 Å². The van der Waals surface area contributed by atoms with E-state index in [1.54, 1.807) is 19.4 Å². The summed E-state index contributed by atoms with van der Waals surface area (Å²) in [5.74, 6) is 2.61. The zero-order valence-electron chi connectivity index (χ0n) is 12.0. The Morgan fingerprint density at radius 2 is 2.19 bits per heavy atom. The summed E-state index contributed by atoms with van der Waals surface area (Å²) in [6, 6.07) is 3.64. The van der Waals surface area contributed by atoms with Crippen molar-refractivity contribution >= 4 is 22.8 Å². The highest BCUT2D eigenvalue weighted by Crippen LogP contribution is 2.26. The standard InChI is InChI=1S/C14H15ClN4O2/c1-8-6-16-12(21-8)7-19-13(9(2)15)17-10-4-5-11(20-3)18-14(10)19/h4-6,9H,7H2,1-3H3. The molecule has 7 heteroatoms. The van der Waals surface area contributed by atoms with Gasteiger partial charge in [-0.15, -0.1) is 11.6 Å². The number of hydrogen-bond donors (Lipinski definition) is 0. The van der Waals surface area contributed by atoms with Crippen LogP contribution in [0.3, 0.4) is 0 Å². The van der Waals surface area contributed by atoms with Crippen molar-refractivity contribution < 1.29 is 9.15 Å². The fourth-order valence-electron chi connectivity index (χ4n) is 2.18. The minimum atomic E-state index is -0.249. The topological polar surface area (TPSA) is 66.0 Å². The summed E-state index contributed by atoms with van der Waals surface area (Å²) < 4.78 is 12.6. The Morgan fingerprint density at radius 3 is 2.81 bits per heavy atom. The number of halogens is 1. The number of imidazole rings is 1. The second kappa shape index (κ2) is 5.37. The molecule has 0 spiro atoms. The van der Waals surface area contributed by atoms with E-state index in [0.29, 0.717) is 24.0 Å². The maximum absolute atomic E-state index is 6.23. The van der Waals surface area contributed by atoms with E-state index in [-0.39, 0.29) is 5.38 Å². The molecule has 0 aliphatic carbocycles. The van der Waals surface area contributed by atoms with Gasteiger partial charge in [0.2, 0.25) is 11.8 Å². The summed E-state index contributed by atoms with van der Waals surface area (Å²) in [6.07, 6.45) is 1.69. The average molecular weight is 307 g/mol. The van der Waals surface area contributed by atoms with Gasteiger partial charge in [0.25, 0.3) is 0 Å². The van der Waals surface area contributed by atoms with Gasteiger partial charge in [-0.1, -0.05) is 0 Å². The van der Waals surface area contributed by atoms with E-state index in [4.69, 9.17) is 20.8 Å². The molecular formula is C14H15ClN4O2. The molecule has 0 radical (unpaired) electrons. The van der Waals surface area contributed by atoms with Crippen LogP contribution in [-0.2, 0) is 6.54 Å². The van der Waals surface area contributed by atoms with E-state index in [1.165, 1.54) is 0 Å². The summed E-state index contributed by atoms with van der Waals surface area (Å²) in [5, 5.41) is -0.249. The summed E-state index contributed by atoms with van der Waals surface area (Å²) >= 11 is 6.23. The Bertz CT molecular complexity index is 778. The maximum atomic E-state index is 6.23. The molecule has 0 aliphatic heterocycles. The predicted molar refractivity (Wildman–Crippen MR) is 78.7 cm³/mol. The lowest BCUT2D eigenvalue weighted by Gasteiger charge is -2.08. The first kappa shape index (κ1) is 13.9. The van der Waals surface area contributed by atoms with E-state index in [9.17, 15) is 0 Å². The van der Waals surface area contributed by atoms with E-state index in [0.717, 1.165) is 17.1 Å². The van der Waals surface area contributed by atoms with Crippen LogP contribution >= 0.6 is 11.6 Å². The van der Waals surface area contributed by atoms with Crippen LogP contribution in [0.15, 0.2) is 22.7 Å². The van der Waals surface area contributed by atoms with Crippen LogP contribution in [0, 0.1) is 6.92 Å². The monoisotopic (exact) mass is 306 g/mol. The Hall–Kier alpha value is -2.08. The van der Waals surface area contributed by atoms with Crippen LogP contribution in [0.5, 0.6) is 5.88 Å². The van der Waals surface area contributed by atoms with Gasteiger partial charge >= 0.3 is 0 Å². The summed E-state index contributed by atoms with van der Waals surface area (Å²) in [7, 11) is 1.58. The first-order valence-corrected chi connectivity index (χ1v) is 6.98. The third-order valence-corrected chi connectivity index (χ3v) is 3.32. The molecule has 3 heterocycles. The molecule has 3 rings (SSSR count). The number of hydrogen-bond acceptors (Lipinski definition) is 5. The van der Waals surface area contributed by atoms with Crippen molar-refractivity contribution in [2.24, 2.45) is 0 Å². The lowest BCUT2D eigenvalue weighted by Crippen LogP contribution is -2.07. The zero-order chi connectivity index (χ0) is 15.0. The highest BCUT2D eigenvalue weighted by molar-refractivity contribution is 6.20. The summed E-state index contributed by atoms with van der Waals surface area (Å²) in [6.45, 7) is 4.16. The fraction of sp³-hybridized carbons (Fsp3) is 0.357. The third-order valence-electron chi connectivity index (χ3n) is 3.12. The Balaban J connectivity index is 2.14. The van der Waals surface area contributed by atoms with Crippen molar-refractivity contribution in [3.63, 3.8) is 0 Å². The molecule has 0 N–H and O–H groups in total. The first-order valence-electron chi connectivity index (χ1n) is 6.55. The Morgan fingerprint density at radius 1 is 1.38 bits per heavy atom. The molecule has 1 atom stereocenters. The lowest BCUT2D eigenvalue weighted by molar-refractivity contribution is 0.398. The van der Waals surface area contributed by atoms with Crippen LogP contribution in [0.1, 0.15) is 29.8 Å². The van der Waals surface area contributed by atoms with Gasteiger partial charge < -0.3 is 13.7 Å². The number of pyridine rings is 1. The highest BCUT2D eigenvalue weighted by atomic mass is 35.5. The fourth-order valence-corrected chi connectivity index (χ4v) is 2.35. The predicted octanol–water partition coefficient (Wildman–Crippen LogP) is 3.08. The summed E-state index contributed by atoms with van der Waals surface area (Å²) in [4.78, 5) is 13.2. The minimum Gasteiger partial charge on any atom is -0.481 e. The van der Waals surface area contributed by atoms with Gasteiger partial charge in [0, 0.05) is 6.07 Å². The second-order valence-electron chi connectivity index (χ2n) is 4.73. The second-order valence-corrected chi connectivity index (χ2v) is 5.39. The van der Waals surface area contributed by atoms with Crippen molar-refractivity contribution in [2.45, 2.75) is 25.8 Å². The molecule has 0 saturated heterocycles. The number of aryl methyl sites for hydroxylation is 1. The van der Waals surface area contributed by atoms with Crippen molar-refractivity contribution in [3.05, 3.63) is 35.8 Å². The Kier molecular flexibility index (Phi) is 3.55. The van der Waals surface area contributed by atoms with Gasteiger partial charge in [-0.25, -0.2) is 9.97 Å². The van der Waals surface area contributed by atoms with Crippen LogP contribution in [0.25, 0.3) is 11.2 Å².